The molecule has 0 aliphatic heterocycles. The number of aliphatic hydroxyl groups excluding tert-OH is 2. The van der Waals surface area contributed by atoms with E-state index in [1.54, 1.807) is 0 Å². The maximum atomic E-state index is 9.32. The molecule has 2 bridgehead atoms. The number of rotatable bonds is 7. The van der Waals surface area contributed by atoms with Gasteiger partial charge in [-0.25, -0.2) is 0 Å². The Hall–Kier alpha value is -0.380. The Balaban J connectivity index is 1.74. The number of aliphatic hydroxyl groups is 2. The highest BCUT2D eigenvalue weighted by atomic mass is 16.5. The number of fused-ring (bicyclic) bond motifs is 2. The first-order valence-electron chi connectivity index (χ1n) is 6.71. The molecule has 0 aromatic rings. The van der Waals surface area contributed by atoms with Crippen molar-refractivity contribution in [3.63, 3.8) is 0 Å². The zero-order valence-corrected chi connectivity index (χ0v) is 10.6. The Labute approximate surface area is 103 Å². The summed E-state index contributed by atoms with van der Waals surface area (Å²) in [4.78, 5) is 0. The van der Waals surface area contributed by atoms with Gasteiger partial charge in [-0.05, 0) is 37.0 Å². The van der Waals surface area contributed by atoms with Crippen LogP contribution in [-0.4, -0.2) is 36.6 Å². The number of hydrogen-bond donors (Lipinski definition) is 2. The Bertz CT molecular complexity index is 262. The minimum absolute atomic E-state index is 0.00335. The fourth-order valence-corrected chi connectivity index (χ4v) is 2.98. The van der Waals surface area contributed by atoms with E-state index in [2.05, 4.69) is 12.2 Å². The minimum atomic E-state index is -0.451. The molecule has 0 saturated heterocycles. The summed E-state index contributed by atoms with van der Waals surface area (Å²) < 4.78 is 5.75. The number of allylic oxidation sites excluding steroid dienone is 2. The van der Waals surface area contributed by atoms with E-state index >= 15 is 0 Å². The van der Waals surface area contributed by atoms with Crippen molar-refractivity contribution in [1.82, 2.24) is 0 Å². The molecule has 0 aromatic heterocycles. The maximum Gasteiger partial charge on any atom is 0.0566 e. The lowest BCUT2D eigenvalue weighted by Gasteiger charge is -2.29. The standard InChI is InChI=1S/C14H24O3/c1-2-14(8-15,9-16)10-17-7-13-6-11-3-4-12(13)5-11/h3-4,11-13,15-16H,2,5-10H2,1H3. The van der Waals surface area contributed by atoms with Gasteiger partial charge < -0.3 is 14.9 Å². The SMILES string of the molecule is CCC(CO)(CO)COCC1CC2C=CC1C2. The van der Waals surface area contributed by atoms with Crippen molar-refractivity contribution in [2.24, 2.45) is 23.2 Å². The van der Waals surface area contributed by atoms with E-state index in [0.29, 0.717) is 18.4 Å². The molecule has 3 heteroatoms. The monoisotopic (exact) mass is 240 g/mol. The predicted molar refractivity (Wildman–Crippen MR) is 66.6 cm³/mol. The van der Waals surface area contributed by atoms with Crippen LogP contribution in [0, 0.1) is 23.2 Å². The van der Waals surface area contributed by atoms with Crippen molar-refractivity contribution in [3.05, 3.63) is 12.2 Å². The van der Waals surface area contributed by atoms with Gasteiger partial charge in [0, 0.05) is 12.0 Å². The summed E-state index contributed by atoms with van der Waals surface area (Å²) in [6.07, 6.45) is 7.95. The van der Waals surface area contributed by atoms with Crippen LogP contribution in [0.4, 0.5) is 0 Å². The first kappa shape index (κ1) is 13.1. The first-order valence-corrected chi connectivity index (χ1v) is 6.71. The van der Waals surface area contributed by atoms with Crippen LogP contribution in [0.3, 0.4) is 0 Å². The Kier molecular flexibility index (Phi) is 4.23. The lowest BCUT2D eigenvalue weighted by atomic mass is 9.88. The molecule has 0 aromatic carbocycles. The average Bonchev–Trinajstić information content (AvgIpc) is 2.97. The Morgan fingerprint density at radius 3 is 2.47 bits per heavy atom. The van der Waals surface area contributed by atoms with Crippen molar-refractivity contribution in [2.75, 3.05) is 26.4 Å². The molecule has 2 aliphatic carbocycles. The molecular weight excluding hydrogens is 216 g/mol. The third-order valence-electron chi connectivity index (χ3n) is 4.58. The van der Waals surface area contributed by atoms with E-state index < -0.39 is 5.41 Å². The van der Waals surface area contributed by atoms with Crippen molar-refractivity contribution in [2.45, 2.75) is 26.2 Å². The van der Waals surface area contributed by atoms with E-state index in [1.807, 2.05) is 6.92 Å². The number of ether oxygens (including phenoxy) is 1. The van der Waals surface area contributed by atoms with Gasteiger partial charge in [-0.15, -0.1) is 0 Å². The second kappa shape index (κ2) is 5.51. The van der Waals surface area contributed by atoms with Crippen molar-refractivity contribution in [1.29, 1.82) is 0 Å². The van der Waals surface area contributed by atoms with Gasteiger partial charge in [0.15, 0.2) is 0 Å². The molecule has 17 heavy (non-hydrogen) atoms. The average molecular weight is 240 g/mol. The molecule has 0 spiro atoms. The third kappa shape index (κ3) is 2.72. The second-order valence-corrected chi connectivity index (χ2v) is 5.73. The molecule has 3 unspecified atom stereocenters. The summed E-state index contributed by atoms with van der Waals surface area (Å²) >= 11 is 0. The molecule has 0 heterocycles. The molecule has 0 radical (unpaired) electrons. The van der Waals surface area contributed by atoms with Crippen molar-refractivity contribution >= 4 is 0 Å². The highest BCUT2D eigenvalue weighted by Crippen LogP contribution is 2.43. The zero-order valence-electron chi connectivity index (χ0n) is 10.6. The molecule has 1 fully saturated rings. The van der Waals surface area contributed by atoms with Gasteiger partial charge in [-0.2, -0.15) is 0 Å². The van der Waals surface area contributed by atoms with Gasteiger partial charge in [0.2, 0.25) is 0 Å². The summed E-state index contributed by atoms with van der Waals surface area (Å²) in [5, 5.41) is 18.6. The van der Waals surface area contributed by atoms with Crippen LogP contribution in [0.15, 0.2) is 12.2 Å². The van der Waals surface area contributed by atoms with Crippen molar-refractivity contribution < 1.29 is 14.9 Å². The molecule has 2 aliphatic rings. The van der Waals surface area contributed by atoms with Crippen molar-refractivity contribution in [3.8, 4) is 0 Å². The molecular formula is C14H24O3. The van der Waals surface area contributed by atoms with Gasteiger partial charge in [0.05, 0.1) is 19.8 Å². The smallest absolute Gasteiger partial charge is 0.0566 e. The highest BCUT2D eigenvalue weighted by molar-refractivity contribution is 5.10. The number of hydrogen-bond acceptors (Lipinski definition) is 3. The zero-order chi connectivity index (χ0) is 12.3. The van der Waals surface area contributed by atoms with Crippen LogP contribution >= 0.6 is 0 Å². The van der Waals surface area contributed by atoms with E-state index in [0.717, 1.165) is 18.9 Å². The summed E-state index contributed by atoms with van der Waals surface area (Å²) in [7, 11) is 0. The minimum Gasteiger partial charge on any atom is -0.396 e. The lowest BCUT2D eigenvalue weighted by molar-refractivity contribution is -0.0402. The molecule has 2 N–H and O–H groups in total. The van der Waals surface area contributed by atoms with Crippen LogP contribution < -0.4 is 0 Å². The molecule has 98 valence electrons. The van der Waals surface area contributed by atoms with Crippen LogP contribution in [0.1, 0.15) is 26.2 Å². The quantitative estimate of drug-likeness (QED) is 0.665. The molecule has 2 rings (SSSR count). The van der Waals surface area contributed by atoms with Crippen LogP contribution in [0.2, 0.25) is 0 Å². The molecule has 3 atom stereocenters. The molecule has 3 nitrogen and oxygen atoms in total. The van der Waals surface area contributed by atoms with Crippen LogP contribution in [0.25, 0.3) is 0 Å². The maximum absolute atomic E-state index is 9.32. The molecule has 1 saturated carbocycles. The van der Waals surface area contributed by atoms with Crippen LogP contribution in [0.5, 0.6) is 0 Å². The normalized spacial score (nSPS) is 31.4. The topological polar surface area (TPSA) is 49.7 Å². The van der Waals surface area contributed by atoms with Gasteiger partial charge in [0.25, 0.3) is 0 Å². The van der Waals surface area contributed by atoms with Gasteiger partial charge in [-0.1, -0.05) is 19.1 Å². The lowest BCUT2D eigenvalue weighted by Crippen LogP contribution is -2.35. The highest BCUT2D eigenvalue weighted by Gasteiger charge is 2.36. The summed E-state index contributed by atoms with van der Waals surface area (Å²) in [5.41, 5.74) is -0.451. The largest absolute Gasteiger partial charge is 0.396 e. The van der Waals surface area contributed by atoms with E-state index in [9.17, 15) is 10.2 Å². The first-order chi connectivity index (χ1) is 8.23. The fourth-order valence-electron chi connectivity index (χ4n) is 2.98. The predicted octanol–water partition coefficient (Wildman–Crippen LogP) is 1.60. The van der Waals surface area contributed by atoms with E-state index in [4.69, 9.17) is 4.74 Å². The fraction of sp³-hybridized carbons (Fsp3) is 0.857. The second-order valence-electron chi connectivity index (χ2n) is 5.73. The van der Waals surface area contributed by atoms with Gasteiger partial charge in [0.1, 0.15) is 0 Å². The van der Waals surface area contributed by atoms with Crippen LogP contribution in [-0.2, 0) is 4.74 Å². The Morgan fingerprint density at radius 1 is 1.24 bits per heavy atom. The summed E-state index contributed by atoms with van der Waals surface area (Å²) in [5.74, 6) is 2.14. The van der Waals surface area contributed by atoms with E-state index in [1.165, 1.54) is 12.8 Å². The third-order valence-corrected chi connectivity index (χ3v) is 4.58. The Morgan fingerprint density at radius 2 is 2.00 bits per heavy atom. The molecule has 0 amide bonds. The summed E-state index contributed by atoms with van der Waals surface area (Å²) in [6, 6.07) is 0. The van der Waals surface area contributed by atoms with E-state index in [-0.39, 0.29) is 13.2 Å². The summed E-state index contributed by atoms with van der Waals surface area (Å²) in [6.45, 7) is 3.21. The van der Waals surface area contributed by atoms with Gasteiger partial charge >= 0.3 is 0 Å². The van der Waals surface area contributed by atoms with Gasteiger partial charge in [-0.3, -0.25) is 0 Å².